The van der Waals surface area contributed by atoms with Gasteiger partial charge >= 0.3 is 0 Å². The summed E-state index contributed by atoms with van der Waals surface area (Å²) in [4.78, 5) is 18.7. The van der Waals surface area contributed by atoms with E-state index >= 15 is 0 Å². The molecule has 0 atom stereocenters. The van der Waals surface area contributed by atoms with Gasteiger partial charge in [-0.2, -0.15) is 0 Å². The van der Waals surface area contributed by atoms with Gasteiger partial charge in [0.2, 0.25) is 0 Å². The third-order valence-corrected chi connectivity index (χ3v) is 4.11. The van der Waals surface area contributed by atoms with Crippen LogP contribution in [-0.4, -0.2) is 33.4 Å². The Hall–Kier alpha value is -2.14. The lowest BCUT2D eigenvalue weighted by Crippen LogP contribution is -2.37. The molecule has 1 aromatic rings. The monoisotopic (exact) mass is 328 g/mol. The summed E-state index contributed by atoms with van der Waals surface area (Å²) in [6.07, 6.45) is 7.93. The van der Waals surface area contributed by atoms with Crippen LogP contribution in [0.4, 0.5) is 0 Å². The lowest BCUT2D eigenvalue weighted by atomic mass is 9.95. The number of carbonyl (C=O) groups excluding carboxylic acids is 1. The molecule has 2 heterocycles. The zero-order valence-corrected chi connectivity index (χ0v) is 15.2. The molecule has 1 amide bonds. The molecule has 0 aliphatic carbocycles. The molecule has 0 bridgehead atoms. The molecule has 5 heteroatoms. The summed E-state index contributed by atoms with van der Waals surface area (Å²) in [5.41, 5.74) is 7.97. The molecule has 5 nitrogen and oxygen atoms in total. The van der Waals surface area contributed by atoms with Crippen LogP contribution < -0.4 is 5.73 Å². The molecular formula is C19H28N4O. The number of amides is 1. The predicted molar refractivity (Wildman–Crippen MR) is 97.8 cm³/mol. The first-order valence-corrected chi connectivity index (χ1v) is 8.34. The maximum Gasteiger partial charge on any atom is 0.269 e. The normalized spacial score (nSPS) is 16.4. The molecule has 2 N–H and O–H groups in total. The highest BCUT2D eigenvalue weighted by molar-refractivity contribution is 5.92. The van der Waals surface area contributed by atoms with Gasteiger partial charge in [-0.1, -0.05) is 51.7 Å². The van der Waals surface area contributed by atoms with Gasteiger partial charge in [-0.15, -0.1) is 0 Å². The van der Waals surface area contributed by atoms with Gasteiger partial charge in [-0.25, -0.2) is 4.98 Å². The maximum atomic E-state index is 11.8. The second-order valence-electron chi connectivity index (χ2n) is 7.18. The van der Waals surface area contributed by atoms with E-state index in [0.29, 0.717) is 12.2 Å². The number of nitrogens with zero attached hydrogens (tertiary/aromatic N) is 3. The molecule has 1 aliphatic heterocycles. The van der Waals surface area contributed by atoms with Crippen molar-refractivity contribution >= 4 is 5.91 Å². The molecule has 0 unspecified atom stereocenters. The Morgan fingerprint density at radius 3 is 2.62 bits per heavy atom. The Morgan fingerprint density at radius 1 is 1.38 bits per heavy atom. The SMILES string of the molecule is C=C/C=C(\C=C/C)CN1CCn2c(C(C)(C)C)nc(C(N)=O)c2C1. The van der Waals surface area contributed by atoms with E-state index in [-0.39, 0.29) is 5.41 Å². The van der Waals surface area contributed by atoms with Gasteiger partial charge in [-0.3, -0.25) is 9.69 Å². The minimum absolute atomic E-state index is 0.122. The van der Waals surface area contributed by atoms with Crippen molar-refractivity contribution < 1.29 is 4.79 Å². The van der Waals surface area contributed by atoms with E-state index in [1.54, 1.807) is 6.08 Å². The van der Waals surface area contributed by atoms with E-state index < -0.39 is 5.91 Å². The Balaban J connectivity index is 2.33. The number of imidazole rings is 1. The Labute approximate surface area is 144 Å². The summed E-state index contributed by atoms with van der Waals surface area (Å²) >= 11 is 0. The topological polar surface area (TPSA) is 64.2 Å². The standard InChI is InChI=1S/C19H28N4O/c1-6-8-14(9-7-2)12-22-10-11-23-15(13-22)16(17(20)24)21-18(23)19(3,4)5/h6-9H,1,10-13H2,2-5H3,(H2,20,24)/b9-7-,14-8+. The highest BCUT2D eigenvalue weighted by atomic mass is 16.1. The molecule has 1 aliphatic rings. The van der Waals surface area contributed by atoms with Crippen molar-refractivity contribution in [3.8, 4) is 0 Å². The number of aromatic nitrogens is 2. The van der Waals surface area contributed by atoms with E-state index in [4.69, 9.17) is 5.73 Å². The average molecular weight is 328 g/mol. The molecule has 0 aromatic carbocycles. The summed E-state index contributed by atoms with van der Waals surface area (Å²) in [7, 11) is 0. The lowest BCUT2D eigenvalue weighted by Gasteiger charge is -2.31. The number of fused-ring (bicyclic) bond motifs is 1. The molecule has 0 radical (unpaired) electrons. The van der Waals surface area contributed by atoms with Gasteiger partial charge in [0.25, 0.3) is 5.91 Å². The Kier molecular flexibility index (Phi) is 5.44. The van der Waals surface area contributed by atoms with Gasteiger partial charge in [0, 0.05) is 31.6 Å². The fourth-order valence-electron chi connectivity index (χ4n) is 3.11. The fraction of sp³-hybridized carbons (Fsp3) is 0.474. The van der Waals surface area contributed by atoms with Crippen molar-refractivity contribution in [1.29, 1.82) is 0 Å². The smallest absolute Gasteiger partial charge is 0.269 e. The van der Waals surface area contributed by atoms with Crippen LogP contribution in [0.15, 0.2) is 36.5 Å². The fourth-order valence-corrected chi connectivity index (χ4v) is 3.11. The first-order chi connectivity index (χ1) is 11.3. The third kappa shape index (κ3) is 3.85. The van der Waals surface area contributed by atoms with E-state index in [1.165, 1.54) is 5.57 Å². The Bertz CT molecular complexity index is 689. The third-order valence-electron chi connectivity index (χ3n) is 4.11. The Morgan fingerprint density at radius 2 is 2.08 bits per heavy atom. The average Bonchev–Trinajstić information content (AvgIpc) is 2.86. The summed E-state index contributed by atoms with van der Waals surface area (Å²) in [5.74, 6) is 0.479. The highest BCUT2D eigenvalue weighted by Gasteiger charge is 2.31. The van der Waals surface area contributed by atoms with Crippen molar-refractivity contribution in [2.75, 3.05) is 13.1 Å². The highest BCUT2D eigenvalue weighted by Crippen LogP contribution is 2.28. The predicted octanol–water partition coefficient (Wildman–Crippen LogP) is 2.78. The number of allylic oxidation sites excluding steroid dienone is 3. The van der Waals surface area contributed by atoms with E-state index in [1.807, 2.05) is 19.1 Å². The lowest BCUT2D eigenvalue weighted by molar-refractivity contribution is 0.0992. The van der Waals surface area contributed by atoms with Crippen molar-refractivity contribution in [3.05, 3.63) is 53.7 Å². The molecule has 0 fully saturated rings. The second-order valence-corrected chi connectivity index (χ2v) is 7.18. The molecular weight excluding hydrogens is 300 g/mol. The molecule has 0 saturated heterocycles. The number of nitrogens with two attached hydrogens (primary N) is 1. The van der Waals surface area contributed by atoms with Crippen LogP contribution in [-0.2, 0) is 18.5 Å². The second kappa shape index (κ2) is 7.18. The van der Waals surface area contributed by atoms with Gasteiger partial charge < -0.3 is 10.3 Å². The minimum Gasteiger partial charge on any atom is -0.364 e. The van der Waals surface area contributed by atoms with Gasteiger partial charge in [0.1, 0.15) is 5.82 Å². The van der Waals surface area contributed by atoms with Gasteiger partial charge in [-0.05, 0) is 12.5 Å². The van der Waals surface area contributed by atoms with Crippen LogP contribution in [0.5, 0.6) is 0 Å². The molecule has 0 spiro atoms. The van der Waals surface area contributed by atoms with E-state index in [2.05, 4.69) is 47.9 Å². The molecule has 24 heavy (non-hydrogen) atoms. The summed E-state index contributed by atoms with van der Waals surface area (Å²) in [6.45, 7) is 15.3. The molecule has 2 rings (SSSR count). The first-order valence-electron chi connectivity index (χ1n) is 8.34. The van der Waals surface area contributed by atoms with Crippen LogP contribution in [0.3, 0.4) is 0 Å². The summed E-state index contributed by atoms with van der Waals surface area (Å²) in [6, 6.07) is 0. The van der Waals surface area contributed by atoms with Crippen molar-refractivity contribution in [2.45, 2.75) is 46.2 Å². The van der Waals surface area contributed by atoms with Crippen molar-refractivity contribution in [1.82, 2.24) is 14.5 Å². The maximum absolute atomic E-state index is 11.8. The van der Waals surface area contributed by atoms with Crippen LogP contribution in [0.25, 0.3) is 0 Å². The molecule has 0 saturated carbocycles. The molecule has 130 valence electrons. The van der Waals surface area contributed by atoms with Crippen molar-refractivity contribution in [2.24, 2.45) is 5.73 Å². The van der Waals surface area contributed by atoms with Crippen LogP contribution in [0, 0.1) is 0 Å². The quantitative estimate of drug-likeness (QED) is 0.845. The van der Waals surface area contributed by atoms with Crippen LogP contribution >= 0.6 is 0 Å². The van der Waals surface area contributed by atoms with Crippen molar-refractivity contribution in [3.63, 3.8) is 0 Å². The number of hydrogen-bond acceptors (Lipinski definition) is 3. The van der Waals surface area contributed by atoms with Gasteiger partial charge in [0.05, 0.1) is 5.69 Å². The van der Waals surface area contributed by atoms with Crippen LogP contribution in [0.1, 0.15) is 49.7 Å². The number of hydrogen-bond donors (Lipinski definition) is 1. The zero-order valence-electron chi connectivity index (χ0n) is 15.2. The molecule has 1 aromatic heterocycles. The number of carbonyl (C=O) groups is 1. The minimum atomic E-state index is -0.452. The zero-order chi connectivity index (χ0) is 17.9. The van der Waals surface area contributed by atoms with E-state index in [9.17, 15) is 4.79 Å². The van der Waals surface area contributed by atoms with E-state index in [0.717, 1.165) is 31.2 Å². The first kappa shape index (κ1) is 18.2. The number of rotatable bonds is 5. The summed E-state index contributed by atoms with van der Waals surface area (Å²) in [5, 5.41) is 0. The van der Waals surface area contributed by atoms with Gasteiger partial charge in [0.15, 0.2) is 5.69 Å². The summed E-state index contributed by atoms with van der Waals surface area (Å²) < 4.78 is 2.17. The number of primary amides is 1. The largest absolute Gasteiger partial charge is 0.364 e. The van der Waals surface area contributed by atoms with Crippen LogP contribution in [0.2, 0.25) is 0 Å².